The fourth-order valence-corrected chi connectivity index (χ4v) is 3.79. The van der Waals surface area contributed by atoms with E-state index in [0.29, 0.717) is 11.6 Å². The number of carbonyl (C=O) groups excluding carboxylic acids is 1. The summed E-state index contributed by atoms with van der Waals surface area (Å²) in [6.07, 6.45) is 7.64. The van der Waals surface area contributed by atoms with Crippen molar-refractivity contribution in [3.8, 4) is 0 Å². The Kier molecular flexibility index (Phi) is 3.51. The van der Waals surface area contributed by atoms with Crippen LogP contribution >= 0.6 is 0 Å². The Labute approximate surface area is 128 Å². The van der Waals surface area contributed by atoms with Crippen molar-refractivity contribution in [3.05, 3.63) is 29.7 Å². The molecule has 1 amide bonds. The summed E-state index contributed by atoms with van der Waals surface area (Å²) in [7, 11) is -2.45. The van der Waals surface area contributed by atoms with Gasteiger partial charge in [-0.3, -0.25) is 14.2 Å². The van der Waals surface area contributed by atoms with Gasteiger partial charge in [0.2, 0.25) is 0 Å². The Balaban J connectivity index is 1.80. The zero-order chi connectivity index (χ0) is 15.9. The minimum atomic E-state index is -3.96. The van der Waals surface area contributed by atoms with Gasteiger partial charge in [0.25, 0.3) is 15.9 Å². The molecule has 0 radical (unpaired) electrons. The molecular weight excluding hydrogens is 306 g/mol. The first-order valence-electron chi connectivity index (χ1n) is 6.98. The van der Waals surface area contributed by atoms with Crippen LogP contribution in [0.5, 0.6) is 0 Å². The predicted octanol–water partition coefficient (Wildman–Crippen LogP) is 0.769. The highest BCUT2D eigenvalue weighted by atomic mass is 32.2. The van der Waals surface area contributed by atoms with Gasteiger partial charge in [-0.2, -0.15) is 18.6 Å². The second-order valence-corrected chi connectivity index (χ2v) is 7.08. The molecule has 1 saturated carbocycles. The lowest BCUT2D eigenvalue weighted by atomic mass is 9.93. The van der Waals surface area contributed by atoms with Crippen molar-refractivity contribution in [2.24, 2.45) is 7.05 Å². The molecule has 0 unspecified atom stereocenters. The fraction of sp³-hybridized carbons (Fsp3) is 0.462. The molecule has 0 aliphatic heterocycles. The van der Waals surface area contributed by atoms with Gasteiger partial charge in [0.05, 0.1) is 24.0 Å². The first kappa shape index (κ1) is 14.8. The summed E-state index contributed by atoms with van der Waals surface area (Å²) in [5.74, 6) is -0.689. The highest BCUT2D eigenvalue weighted by molar-refractivity contribution is 7.90. The summed E-state index contributed by atoms with van der Waals surface area (Å²) in [5, 5.41) is 7.99. The number of hydrogen-bond acceptors (Lipinski definition) is 5. The van der Waals surface area contributed by atoms with E-state index >= 15 is 0 Å². The van der Waals surface area contributed by atoms with Crippen molar-refractivity contribution >= 4 is 15.9 Å². The molecule has 1 fully saturated rings. The number of hydrogen-bond donors (Lipinski definition) is 1. The van der Waals surface area contributed by atoms with E-state index in [1.165, 1.54) is 24.1 Å². The predicted molar refractivity (Wildman–Crippen MR) is 77.7 cm³/mol. The summed E-state index contributed by atoms with van der Waals surface area (Å²) in [6.45, 7) is 1.63. The number of amides is 1. The maximum atomic E-state index is 12.3. The first-order chi connectivity index (χ1) is 10.4. The number of nitrogens with one attached hydrogen (secondary N) is 1. The van der Waals surface area contributed by atoms with E-state index in [1.54, 1.807) is 17.8 Å². The van der Waals surface area contributed by atoms with Gasteiger partial charge in [-0.15, -0.1) is 0 Å². The van der Waals surface area contributed by atoms with Gasteiger partial charge in [-0.05, 0) is 26.2 Å². The van der Waals surface area contributed by atoms with E-state index in [1.807, 2.05) is 0 Å². The number of sulfonamides is 1. The molecule has 1 aliphatic carbocycles. The summed E-state index contributed by atoms with van der Waals surface area (Å²) in [6, 6.07) is 0.317. The molecule has 1 N–H and O–H groups in total. The van der Waals surface area contributed by atoms with Gasteiger partial charge in [-0.25, -0.2) is 4.72 Å². The summed E-state index contributed by atoms with van der Waals surface area (Å²) < 4.78 is 29.6. The second-order valence-electron chi connectivity index (χ2n) is 5.48. The highest BCUT2D eigenvalue weighted by Crippen LogP contribution is 2.30. The molecule has 0 aromatic carbocycles. The van der Waals surface area contributed by atoms with Gasteiger partial charge >= 0.3 is 0 Å². The zero-order valence-electron chi connectivity index (χ0n) is 12.4. The molecule has 1 aliphatic rings. The number of rotatable bonds is 4. The zero-order valence-corrected chi connectivity index (χ0v) is 13.2. The Morgan fingerprint density at radius 3 is 2.59 bits per heavy atom. The molecule has 22 heavy (non-hydrogen) atoms. The van der Waals surface area contributed by atoms with Crippen LogP contribution < -0.4 is 4.72 Å². The minimum absolute atomic E-state index is 0.0211. The molecule has 2 aromatic heterocycles. The summed E-state index contributed by atoms with van der Waals surface area (Å²) >= 11 is 0. The molecule has 8 nitrogen and oxygen atoms in total. The number of aromatic nitrogens is 4. The van der Waals surface area contributed by atoms with Crippen molar-refractivity contribution in [1.29, 1.82) is 0 Å². The van der Waals surface area contributed by atoms with Crippen LogP contribution in [-0.4, -0.2) is 33.9 Å². The van der Waals surface area contributed by atoms with Crippen LogP contribution in [0.1, 0.15) is 41.2 Å². The summed E-state index contributed by atoms with van der Waals surface area (Å²) in [5.41, 5.74) is 0.711. The van der Waals surface area contributed by atoms with Crippen molar-refractivity contribution in [2.75, 3.05) is 0 Å². The molecule has 0 spiro atoms. The van der Waals surface area contributed by atoms with Crippen LogP contribution in [0.2, 0.25) is 0 Å². The third kappa shape index (κ3) is 2.52. The van der Waals surface area contributed by atoms with Crippen LogP contribution in [0.4, 0.5) is 0 Å². The average Bonchev–Trinajstić information content (AvgIpc) is 2.94. The Bertz CT molecular complexity index is 797. The number of nitrogens with zero attached hydrogens (tertiary/aromatic N) is 4. The first-order valence-corrected chi connectivity index (χ1v) is 8.47. The van der Waals surface area contributed by atoms with E-state index < -0.39 is 15.9 Å². The second kappa shape index (κ2) is 5.24. The van der Waals surface area contributed by atoms with Gasteiger partial charge in [0.15, 0.2) is 5.03 Å². The smallest absolute Gasteiger partial charge is 0.269 e. The van der Waals surface area contributed by atoms with Crippen LogP contribution in [0.25, 0.3) is 0 Å². The summed E-state index contributed by atoms with van der Waals surface area (Å²) in [4.78, 5) is 12.1. The number of aryl methyl sites for hydroxylation is 2. The maximum absolute atomic E-state index is 12.3. The maximum Gasteiger partial charge on any atom is 0.281 e. The van der Waals surface area contributed by atoms with Crippen LogP contribution in [0.15, 0.2) is 23.6 Å². The molecule has 3 rings (SSSR count). The van der Waals surface area contributed by atoms with Crippen molar-refractivity contribution in [1.82, 2.24) is 24.3 Å². The molecule has 9 heteroatoms. The van der Waals surface area contributed by atoms with Crippen LogP contribution in [-0.2, 0) is 17.1 Å². The monoisotopic (exact) mass is 323 g/mol. The van der Waals surface area contributed by atoms with Crippen LogP contribution in [0, 0.1) is 6.92 Å². The van der Waals surface area contributed by atoms with Crippen molar-refractivity contribution in [2.45, 2.75) is 37.3 Å². The molecule has 0 saturated heterocycles. The largest absolute Gasteiger partial charge is 0.281 e. The molecule has 2 aromatic rings. The van der Waals surface area contributed by atoms with Gasteiger partial charge < -0.3 is 0 Å². The molecule has 0 atom stereocenters. The lowest BCUT2D eigenvalue weighted by Gasteiger charge is -2.25. The van der Waals surface area contributed by atoms with E-state index in [0.717, 1.165) is 19.3 Å². The van der Waals surface area contributed by atoms with E-state index in [9.17, 15) is 13.2 Å². The fourth-order valence-electron chi connectivity index (χ4n) is 2.46. The SMILES string of the molecule is Cc1cnn(C)c1S(=O)(=O)NC(=O)c1cnn(C2CCC2)c1. The van der Waals surface area contributed by atoms with Gasteiger partial charge in [-0.1, -0.05) is 0 Å². The highest BCUT2D eigenvalue weighted by Gasteiger charge is 2.26. The third-order valence-electron chi connectivity index (χ3n) is 3.85. The normalized spacial score (nSPS) is 15.5. The molecule has 0 bridgehead atoms. The van der Waals surface area contributed by atoms with Crippen LogP contribution in [0.3, 0.4) is 0 Å². The number of carbonyl (C=O) groups is 1. The minimum Gasteiger partial charge on any atom is -0.269 e. The van der Waals surface area contributed by atoms with Gasteiger partial charge in [0.1, 0.15) is 0 Å². The van der Waals surface area contributed by atoms with Gasteiger partial charge in [0, 0.05) is 18.8 Å². The average molecular weight is 323 g/mol. The standard InChI is InChI=1S/C13H17N5O3S/c1-9-6-14-17(2)13(9)22(20,21)16-12(19)10-7-15-18(8-10)11-4-3-5-11/h6-8,11H,3-5H2,1-2H3,(H,16,19). The third-order valence-corrected chi connectivity index (χ3v) is 5.40. The van der Waals surface area contributed by atoms with E-state index in [-0.39, 0.29) is 10.6 Å². The Hall–Kier alpha value is -2.16. The Morgan fingerprint density at radius 1 is 1.32 bits per heavy atom. The lowest BCUT2D eigenvalue weighted by Crippen LogP contribution is -2.32. The topological polar surface area (TPSA) is 98.9 Å². The van der Waals surface area contributed by atoms with E-state index in [4.69, 9.17) is 0 Å². The van der Waals surface area contributed by atoms with E-state index in [2.05, 4.69) is 14.9 Å². The molecule has 118 valence electrons. The van der Waals surface area contributed by atoms with Crippen molar-refractivity contribution in [3.63, 3.8) is 0 Å². The molecule has 2 heterocycles. The Morgan fingerprint density at radius 2 is 2.05 bits per heavy atom. The lowest BCUT2D eigenvalue weighted by molar-refractivity contribution is 0.0981. The quantitative estimate of drug-likeness (QED) is 0.896. The van der Waals surface area contributed by atoms with Crippen molar-refractivity contribution < 1.29 is 13.2 Å². The molecular formula is C13H17N5O3S.